The summed E-state index contributed by atoms with van der Waals surface area (Å²) in [5.41, 5.74) is 2.78. The van der Waals surface area contributed by atoms with E-state index in [1.165, 1.54) is 40.9 Å². The Hall–Kier alpha value is -3.41. The molecule has 3 aromatic rings. The smallest absolute Gasteiger partial charge is 0.269 e. The number of nitrogens with one attached hydrogen (secondary N) is 1. The first-order chi connectivity index (χ1) is 16.4. The highest BCUT2D eigenvalue weighted by Crippen LogP contribution is 2.42. The van der Waals surface area contributed by atoms with Crippen LogP contribution in [0.3, 0.4) is 0 Å². The summed E-state index contributed by atoms with van der Waals surface area (Å²) < 4.78 is 14.4. The van der Waals surface area contributed by atoms with E-state index >= 15 is 0 Å². The maximum absolute atomic E-state index is 13.6. The minimum atomic E-state index is -0.622. The molecule has 4 rings (SSSR count). The average molecular weight is 536 g/mol. The molecule has 1 aliphatic rings. The number of carbonyl (C=O) groups excluding carboxylic acids is 2. The van der Waals surface area contributed by atoms with Crippen LogP contribution in [-0.2, 0) is 16.0 Å². The number of halogens is 2. The number of nitrogens with zero attached hydrogens (tertiary/aromatic N) is 2. The standard InChI is InChI=1S/C26H19BrFN3O2S/c1-16-4-2-3-5-17(16)14-23-25(33)31(21-12-8-19(28)9-13-21)26(34-23)22(15-29)24(32)30-20-10-6-18(27)7-11-20/h2-13,23H,14H2,1H3,(H,30,32). The average Bonchev–Trinajstić information content (AvgIpc) is 3.13. The van der Waals surface area contributed by atoms with Crippen molar-refractivity contribution in [3.05, 3.63) is 105 Å². The number of hydrogen-bond acceptors (Lipinski definition) is 4. The maximum atomic E-state index is 13.6. The molecular formula is C26H19BrFN3O2S. The first-order valence-corrected chi connectivity index (χ1v) is 12.1. The number of carbonyl (C=O) groups is 2. The van der Waals surface area contributed by atoms with Gasteiger partial charge in [0.25, 0.3) is 5.91 Å². The summed E-state index contributed by atoms with van der Waals surface area (Å²) in [6.45, 7) is 1.97. The Morgan fingerprint density at radius 2 is 1.79 bits per heavy atom. The van der Waals surface area contributed by atoms with Gasteiger partial charge in [0, 0.05) is 15.8 Å². The van der Waals surface area contributed by atoms with Crippen molar-refractivity contribution in [2.45, 2.75) is 18.6 Å². The second-order valence-electron chi connectivity index (χ2n) is 7.64. The molecule has 0 spiro atoms. The van der Waals surface area contributed by atoms with Crippen molar-refractivity contribution in [3.8, 4) is 6.07 Å². The minimum Gasteiger partial charge on any atom is -0.321 e. The number of benzene rings is 3. The van der Waals surface area contributed by atoms with E-state index in [1.807, 2.05) is 37.3 Å². The molecule has 1 saturated heterocycles. The largest absolute Gasteiger partial charge is 0.321 e. The van der Waals surface area contributed by atoms with Gasteiger partial charge >= 0.3 is 0 Å². The van der Waals surface area contributed by atoms with E-state index in [4.69, 9.17) is 0 Å². The normalized spacial score (nSPS) is 16.8. The zero-order chi connectivity index (χ0) is 24.2. The third kappa shape index (κ3) is 5.06. The van der Waals surface area contributed by atoms with Crippen molar-refractivity contribution in [2.24, 2.45) is 0 Å². The fourth-order valence-corrected chi connectivity index (χ4v) is 5.14. The third-order valence-electron chi connectivity index (χ3n) is 5.36. The molecule has 0 bridgehead atoms. The molecule has 1 fully saturated rings. The molecule has 0 aliphatic carbocycles. The summed E-state index contributed by atoms with van der Waals surface area (Å²) in [6, 6.07) is 22.1. The number of thioether (sulfide) groups is 1. The van der Waals surface area contributed by atoms with Crippen LogP contribution in [0.25, 0.3) is 0 Å². The highest BCUT2D eigenvalue weighted by Gasteiger charge is 2.41. The zero-order valence-corrected chi connectivity index (χ0v) is 20.5. The molecule has 1 atom stereocenters. The summed E-state index contributed by atoms with van der Waals surface area (Å²) in [7, 11) is 0. The van der Waals surface area contributed by atoms with Gasteiger partial charge in [-0.05, 0) is 73.0 Å². The summed E-state index contributed by atoms with van der Waals surface area (Å²) >= 11 is 4.52. The Kier molecular flexibility index (Phi) is 7.15. The van der Waals surface area contributed by atoms with Crippen LogP contribution in [0.15, 0.2) is 87.9 Å². The van der Waals surface area contributed by atoms with Gasteiger partial charge in [-0.1, -0.05) is 52.0 Å². The van der Waals surface area contributed by atoms with Gasteiger partial charge in [0.15, 0.2) is 0 Å². The lowest BCUT2D eigenvalue weighted by Crippen LogP contribution is -2.31. The topological polar surface area (TPSA) is 73.2 Å². The SMILES string of the molecule is Cc1ccccc1CC1SC(=C(C#N)C(=O)Nc2ccc(Br)cc2)N(c2ccc(F)cc2)C1=O. The molecule has 3 aromatic carbocycles. The lowest BCUT2D eigenvalue weighted by atomic mass is 10.0. The van der Waals surface area contributed by atoms with E-state index in [1.54, 1.807) is 24.3 Å². The van der Waals surface area contributed by atoms with E-state index in [9.17, 15) is 19.2 Å². The van der Waals surface area contributed by atoms with Crippen LogP contribution in [0.2, 0.25) is 0 Å². The molecule has 8 heteroatoms. The van der Waals surface area contributed by atoms with Crippen LogP contribution >= 0.6 is 27.7 Å². The first kappa shape index (κ1) is 23.7. The van der Waals surface area contributed by atoms with Crippen molar-refractivity contribution in [3.63, 3.8) is 0 Å². The van der Waals surface area contributed by atoms with Gasteiger partial charge in [-0.3, -0.25) is 14.5 Å². The molecule has 1 N–H and O–H groups in total. The van der Waals surface area contributed by atoms with Crippen molar-refractivity contribution in [2.75, 3.05) is 10.2 Å². The highest BCUT2D eigenvalue weighted by molar-refractivity contribution is 9.10. The second kappa shape index (κ2) is 10.2. The van der Waals surface area contributed by atoms with Crippen LogP contribution in [0.5, 0.6) is 0 Å². The maximum Gasteiger partial charge on any atom is 0.269 e. The van der Waals surface area contributed by atoms with Crippen LogP contribution in [-0.4, -0.2) is 17.1 Å². The third-order valence-corrected chi connectivity index (χ3v) is 7.15. The van der Waals surface area contributed by atoms with Crippen LogP contribution in [0.1, 0.15) is 11.1 Å². The van der Waals surface area contributed by atoms with Gasteiger partial charge in [0.2, 0.25) is 5.91 Å². The summed E-state index contributed by atoms with van der Waals surface area (Å²) in [5, 5.41) is 12.3. The van der Waals surface area contributed by atoms with Crippen LogP contribution in [0.4, 0.5) is 15.8 Å². The van der Waals surface area contributed by atoms with Crippen LogP contribution in [0, 0.1) is 24.1 Å². The second-order valence-corrected chi connectivity index (χ2v) is 9.75. The molecule has 1 unspecified atom stereocenters. The number of aryl methyl sites for hydroxylation is 1. The van der Waals surface area contributed by atoms with Gasteiger partial charge < -0.3 is 5.32 Å². The molecule has 0 radical (unpaired) electrons. The predicted octanol–water partition coefficient (Wildman–Crippen LogP) is 5.96. The highest BCUT2D eigenvalue weighted by atomic mass is 79.9. The van der Waals surface area contributed by atoms with E-state index in [0.29, 0.717) is 17.8 Å². The molecule has 0 saturated carbocycles. The van der Waals surface area contributed by atoms with Gasteiger partial charge in [0.1, 0.15) is 22.5 Å². The number of nitriles is 1. The molecule has 2 amide bonds. The van der Waals surface area contributed by atoms with Crippen LogP contribution < -0.4 is 10.2 Å². The Morgan fingerprint density at radius 3 is 2.44 bits per heavy atom. The van der Waals surface area contributed by atoms with Gasteiger partial charge in [-0.15, -0.1) is 0 Å². The monoisotopic (exact) mass is 535 g/mol. The zero-order valence-electron chi connectivity index (χ0n) is 18.1. The van der Waals surface area contributed by atoms with Gasteiger partial charge in [-0.2, -0.15) is 5.26 Å². The van der Waals surface area contributed by atoms with Crippen molar-refractivity contribution in [1.29, 1.82) is 5.26 Å². The molecule has 5 nitrogen and oxygen atoms in total. The number of rotatable bonds is 5. The fourth-order valence-electron chi connectivity index (χ4n) is 3.58. The lowest BCUT2D eigenvalue weighted by molar-refractivity contribution is -0.117. The molecule has 34 heavy (non-hydrogen) atoms. The number of amides is 2. The lowest BCUT2D eigenvalue weighted by Gasteiger charge is -2.18. The van der Waals surface area contributed by atoms with E-state index in [2.05, 4.69) is 21.2 Å². The Labute approximate surface area is 209 Å². The Morgan fingerprint density at radius 1 is 1.12 bits per heavy atom. The Balaban J connectivity index is 1.73. The summed E-state index contributed by atoms with van der Waals surface area (Å²) in [5.74, 6) is -1.33. The minimum absolute atomic E-state index is 0.183. The molecule has 1 aliphatic heterocycles. The van der Waals surface area contributed by atoms with Crippen molar-refractivity contribution in [1.82, 2.24) is 0 Å². The van der Waals surface area contributed by atoms with E-state index < -0.39 is 17.0 Å². The molecule has 170 valence electrons. The van der Waals surface area contributed by atoms with Crippen molar-refractivity contribution >= 4 is 50.9 Å². The molecule has 1 heterocycles. The number of hydrogen-bond donors (Lipinski definition) is 1. The van der Waals surface area contributed by atoms with E-state index in [0.717, 1.165) is 15.6 Å². The van der Waals surface area contributed by atoms with Crippen molar-refractivity contribution < 1.29 is 14.0 Å². The summed E-state index contributed by atoms with van der Waals surface area (Å²) in [4.78, 5) is 27.9. The van der Waals surface area contributed by atoms with Gasteiger partial charge in [-0.25, -0.2) is 4.39 Å². The molecular weight excluding hydrogens is 517 g/mol. The predicted molar refractivity (Wildman–Crippen MR) is 136 cm³/mol. The molecule has 0 aromatic heterocycles. The van der Waals surface area contributed by atoms with E-state index in [-0.39, 0.29) is 16.5 Å². The number of anilines is 2. The fraction of sp³-hybridized carbons (Fsp3) is 0.115. The van der Waals surface area contributed by atoms with Gasteiger partial charge in [0.05, 0.1) is 5.25 Å². The first-order valence-electron chi connectivity index (χ1n) is 10.4. The summed E-state index contributed by atoms with van der Waals surface area (Å²) in [6.07, 6.45) is 0.435. The quantitative estimate of drug-likeness (QED) is 0.323. The Bertz CT molecular complexity index is 1320.